The zero-order chi connectivity index (χ0) is 25.5. The van der Waals surface area contributed by atoms with E-state index in [1.807, 2.05) is 63.3 Å². The van der Waals surface area contributed by atoms with Crippen LogP contribution in [0.4, 0.5) is 10.5 Å². The fourth-order valence-electron chi connectivity index (χ4n) is 2.69. The Kier molecular flexibility index (Phi) is 11.6. The average Bonchev–Trinajstić information content (AvgIpc) is 2.83. The van der Waals surface area contributed by atoms with Crippen LogP contribution in [0.1, 0.15) is 31.9 Å². The summed E-state index contributed by atoms with van der Waals surface area (Å²) in [5.74, 6) is 0.519. The van der Waals surface area contributed by atoms with Gasteiger partial charge in [0.1, 0.15) is 12.2 Å². The number of hydrogen-bond donors (Lipinski definition) is 0. The summed E-state index contributed by atoms with van der Waals surface area (Å²) in [5, 5.41) is 3.38. The number of ether oxygens (including phenoxy) is 4. The van der Waals surface area contributed by atoms with Crippen molar-refractivity contribution in [2.75, 3.05) is 51.5 Å². The van der Waals surface area contributed by atoms with E-state index >= 15 is 0 Å². The number of aromatic nitrogens is 1. The van der Waals surface area contributed by atoms with E-state index in [2.05, 4.69) is 15.0 Å². The van der Waals surface area contributed by atoms with Gasteiger partial charge in [-0.1, -0.05) is 29.4 Å². The quantitative estimate of drug-likeness (QED) is 0.164. The molecule has 2 aromatic rings. The van der Waals surface area contributed by atoms with Crippen LogP contribution >= 0.6 is 0 Å². The summed E-state index contributed by atoms with van der Waals surface area (Å²) in [7, 11) is 1.69. The van der Waals surface area contributed by atoms with Crippen LogP contribution in [0.5, 0.6) is 5.88 Å². The molecule has 0 radical (unpaired) electrons. The third-order valence-corrected chi connectivity index (χ3v) is 4.42. The molecule has 0 spiro atoms. The summed E-state index contributed by atoms with van der Waals surface area (Å²) in [4.78, 5) is 20.6. The van der Waals surface area contributed by atoms with Crippen molar-refractivity contribution in [3.63, 3.8) is 0 Å². The van der Waals surface area contributed by atoms with E-state index in [-0.39, 0.29) is 0 Å². The van der Waals surface area contributed by atoms with Gasteiger partial charge in [0.25, 0.3) is 0 Å². The predicted octanol–water partition coefficient (Wildman–Crippen LogP) is 5.35. The number of pyridine rings is 1. The molecule has 10 heteroatoms. The molecule has 0 atom stereocenters. The van der Waals surface area contributed by atoms with Crippen LogP contribution in [0.15, 0.2) is 47.7 Å². The van der Waals surface area contributed by atoms with Crippen molar-refractivity contribution in [2.24, 2.45) is 5.11 Å². The molecule has 0 aliphatic heterocycles. The Balaban J connectivity index is 1.72. The number of rotatable bonds is 13. The van der Waals surface area contributed by atoms with Crippen LogP contribution in [-0.4, -0.2) is 63.3 Å². The highest BCUT2D eigenvalue weighted by molar-refractivity contribution is 5.87. The summed E-state index contributed by atoms with van der Waals surface area (Å²) in [6.07, 6.45) is 5.26. The number of nitrogens with zero attached hydrogens (tertiary/aromatic N) is 5. The van der Waals surface area contributed by atoms with Crippen LogP contribution in [-0.2, 0) is 14.2 Å². The minimum absolute atomic E-state index is 0.316. The average molecular weight is 484 g/mol. The standard InChI is InChI=1S/C25H33N5O5/c1-25(2,3)35-24(31)30(4)22-10-7-20(8-11-22)5-6-21-9-12-23(27-19-21)34-18-17-33-16-15-32-14-13-28-29-26/h5-12,19H,13-18H2,1-4H3/b6-5+. The molecule has 0 unspecified atom stereocenters. The Hall–Kier alpha value is -3.59. The Morgan fingerprint density at radius 3 is 2.26 bits per heavy atom. The molecule has 0 fully saturated rings. The first kappa shape index (κ1) is 27.7. The maximum Gasteiger partial charge on any atom is 0.414 e. The molecule has 0 aliphatic rings. The normalized spacial score (nSPS) is 11.2. The van der Waals surface area contributed by atoms with E-state index in [0.29, 0.717) is 45.5 Å². The van der Waals surface area contributed by atoms with E-state index in [0.717, 1.165) is 16.8 Å². The highest BCUT2D eigenvalue weighted by atomic mass is 16.6. The number of carbonyl (C=O) groups is 1. The molecular weight excluding hydrogens is 450 g/mol. The van der Waals surface area contributed by atoms with Crippen LogP contribution in [0.3, 0.4) is 0 Å². The van der Waals surface area contributed by atoms with Crippen LogP contribution in [0.25, 0.3) is 22.6 Å². The van der Waals surface area contributed by atoms with Gasteiger partial charge in [0.2, 0.25) is 5.88 Å². The number of anilines is 1. The van der Waals surface area contributed by atoms with Crippen molar-refractivity contribution in [3.05, 3.63) is 64.2 Å². The second-order valence-corrected chi connectivity index (χ2v) is 8.42. The summed E-state index contributed by atoms with van der Waals surface area (Å²) >= 11 is 0. The van der Waals surface area contributed by atoms with Gasteiger partial charge in [0.05, 0.1) is 26.4 Å². The van der Waals surface area contributed by atoms with Gasteiger partial charge in [-0.2, -0.15) is 0 Å². The lowest BCUT2D eigenvalue weighted by molar-refractivity contribution is 0.0383. The maximum absolute atomic E-state index is 12.2. The summed E-state index contributed by atoms with van der Waals surface area (Å²) < 4.78 is 21.6. The highest BCUT2D eigenvalue weighted by Crippen LogP contribution is 2.19. The second kappa shape index (κ2) is 14.6. The van der Waals surface area contributed by atoms with Crippen LogP contribution < -0.4 is 9.64 Å². The molecule has 0 saturated carbocycles. The number of hydrogen-bond acceptors (Lipinski definition) is 7. The monoisotopic (exact) mass is 483 g/mol. The lowest BCUT2D eigenvalue weighted by Gasteiger charge is -2.24. The van der Waals surface area contributed by atoms with E-state index in [9.17, 15) is 4.79 Å². The van der Waals surface area contributed by atoms with Crippen molar-refractivity contribution in [3.8, 4) is 5.88 Å². The Labute approximate surface area is 206 Å². The van der Waals surface area contributed by atoms with Crippen molar-refractivity contribution in [1.82, 2.24) is 4.98 Å². The predicted molar refractivity (Wildman–Crippen MR) is 135 cm³/mol. The molecule has 10 nitrogen and oxygen atoms in total. The smallest absolute Gasteiger partial charge is 0.414 e. The van der Waals surface area contributed by atoms with Gasteiger partial charge in [-0.05, 0) is 55.6 Å². The summed E-state index contributed by atoms with van der Waals surface area (Å²) in [6.45, 7) is 7.89. The zero-order valence-corrected chi connectivity index (χ0v) is 20.7. The van der Waals surface area contributed by atoms with Crippen molar-refractivity contribution >= 4 is 23.9 Å². The number of benzene rings is 1. The van der Waals surface area contributed by atoms with Crippen LogP contribution in [0, 0.1) is 0 Å². The number of amides is 1. The minimum Gasteiger partial charge on any atom is -0.475 e. The molecule has 1 amide bonds. The van der Waals surface area contributed by atoms with Gasteiger partial charge in [-0.3, -0.25) is 4.90 Å². The molecular formula is C25H33N5O5. The molecule has 2 rings (SSSR count). The van der Waals surface area contributed by atoms with Gasteiger partial charge < -0.3 is 18.9 Å². The molecule has 1 aromatic heterocycles. The van der Waals surface area contributed by atoms with Gasteiger partial charge in [-0.25, -0.2) is 9.78 Å². The fraction of sp³-hybridized carbons (Fsp3) is 0.440. The summed E-state index contributed by atoms with van der Waals surface area (Å²) in [6, 6.07) is 11.3. The first-order valence-corrected chi connectivity index (χ1v) is 11.3. The zero-order valence-electron chi connectivity index (χ0n) is 20.7. The van der Waals surface area contributed by atoms with Gasteiger partial charge >= 0.3 is 6.09 Å². The molecule has 0 saturated heterocycles. The van der Waals surface area contributed by atoms with E-state index in [1.165, 1.54) is 4.90 Å². The van der Waals surface area contributed by atoms with E-state index in [1.54, 1.807) is 19.3 Å². The molecule has 188 valence electrons. The van der Waals surface area contributed by atoms with Gasteiger partial charge in [0.15, 0.2) is 0 Å². The second-order valence-electron chi connectivity index (χ2n) is 8.42. The van der Waals surface area contributed by atoms with E-state index in [4.69, 9.17) is 24.5 Å². The van der Waals surface area contributed by atoms with Gasteiger partial charge in [-0.15, -0.1) is 0 Å². The molecule has 1 aromatic carbocycles. The first-order chi connectivity index (χ1) is 16.8. The topological polar surface area (TPSA) is 119 Å². The largest absolute Gasteiger partial charge is 0.475 e. The molecule has 0 N–H and O–H groups in total. The first-order valence-electron chi connectivity index (χ1n) is 11.3. The van der Waals surface area contributed by atoms with Crippen LogP contribution in [0.2, 0.25) is 0 Å². The van der Waals surface area contributed by atoms with Crippen molar-refractivity contribution in [2.45, 2.75) is 26.4 Å². The van der Waals surface area contributed by atoms with Crippen molar-refractivity contribution < 1.29 is 23.7 Å². The molecule has 35 heavy (non-hydrogen) atoms. The lowest BCUT2D eigenvalue weighted by Crippen LogP contribution is -2.34. The molecule has 1 heterocycles. The van der Waals surface area contributed by atoms with E-state index < -0.39 is 11.7 Å². The van der Waals surface area contributed by atoms with Gasteiger partial charge in [0, 0.05) is 36.5 Å². The Morgan fingerprint density at radius 1 is 1.00 bits per heavy atom. The molecule has 0 aliphatic carbocycles. The lowest BCUT2D eigenvalue weighted by atomic mass is 10.1. The molecule has 0 bridgehead atoms. The minimum atomic E-state index is -0.540. The van der Waals surface area contributed by atoms with Crippen molar-refractivity contribution in [1.29, 1.82) is 0 Å². The SMILES string of the molecule is CN(C(=O)OC(C)(C)C)c1ccc(/C=C/c2ccc(OCCOCCOCCN=[N+]=[N-])nc2)cc1. The Bertz CT molecular complexity index is 981. The Morgan fingerprint density at radius 2 is 1.63 bits per heavy atom. The summed E-state index contributed by atoms with van der Waals surface area (Å²) in [5.41, 5.74) is 10.3. The fourth-order valence-corrected chi connectivity index (χ4v) is 2.69. The highest BCUT2D eigenvalue weighted by Gasteiger charge is 2.20. The maximum atomic E-state index is 12.2. The third-order valence-electron chi connectivity index (χ3n) is 4.42. The third kappa shape index (κ3) is 11.4. The number of azide groups is 1. The number of carbonyl (C=O) groups excluding carboxylic acids is 1.